The topological polar surface area (TPSA) is 55.8 Å². The lowest BCUT2D eigenvalue weighted by atomic mass is 10.00. The fraction of sp³-hybridized carbons (Fsp3) is 0.360. The molecule has 0 unspecified atom stereocenters. The van der Waals surface area contributed by atoms with E-state index in [1.165, 1.54) is 27.7 Å². The van der Waals surface area contributed by atoms with Gasteiger partial charge < -0.3 is 9.47 Å². The largest absolute Gasteiger partial charge is 0.488 e. The maximum absolute atomic E-state index is 12.5. The van der Waals surface area contributed by atoms with Gasteiger partial charge in [0.25, 0.3) is 11.8 Å². The van der Waals surface area contributed by atoms with Crippen LogP contribution in [0.4, 0.5) is 0 Å². The molecule has 1 saturated heterocycles. The van der Waals surface area contributed by atoms with E-state index in [2.05, 4.69) is 36.4 Å². The van der Waals surface area contributed by atoms with Crippen molar-refractivity contribution in [3.8, 4) is 11.1 Å². The van der Waals surface area contributed by atoms with E-state index in [1.54, 1.807) is 0 Å². The monoisotopic (exact) mass is 405 g/mol. The molecule has 2 heterocycles. The zero-order valence-electron chi connectivity index (χ0n) is 17.1. The van der Waals surface area contributed by atoms with Crippen molar-refractivity contribution in [3.63, 3.8) is 0 Å². The van der Waals surface area contributed by atoms with Gasteiger partial charge in [-0.05, 0) is 48.3 Å². The molecule has 0 aromatic heterocycles. The Morgan fingerprint density at radius 2 is 1.73 bits per heavy atom. The summed E-state index contributed by atoms with van der Waals surface area (Å²) in [5.74, 6) is -0.0870. The second-order valence-electron chi connectivity index (χ2n) is 7.84. The van der Waals surface area contributed by atoms with E-state index in [1.807, 2.05) is 18.2 Å². The van der Waals surface area contributed by atoms with Gasteiger partial charge in [0.05, 0.1) is 12.7 Å². The lowest BCUT2D eigenvalue weighted by Crippen LogP contribution is -2.37. The Kier molecular flexibility index (Phi) is 6.60. The van der Waals surface area contributed by atoms with E-state index in [0.717, 1.165) is 25.7 Å². The van der Waals surface area contributed by atoms with Gasteiger partial charge in [-0.3, -0.25) is 14.5 Å². The Hall–Kier alpha value is -2.92. The van der Waals surface area contributed by atoms with Gasteiger partial charge in [-0.1, -0.05) is 54.6 Å². The number of aryl methyl sites for hydroxylation is 1. The summed E-state index contributed by atoms with van der Waals surface area (Å²) in [5.41, 5.74) is 3.61. The van der Waals surface area contributed by atoms with Crippen molar-refractivity contribution in [1.29, 1.82) is 0 Å². The number of carbonyl (C=O) groups excluding carboxylic acids is 2. The molecule has 0 atom stereocenters. The number of benzene rings is 2. The van der Waals surface area contributed by atoms with Crippen LogP contribution in [0.15, 0.2) is 66.4 Å². The number of imide groups is 1. The van der Waals surface area contributed by atoms with Crippen molar-refractivity contribution in [2.24, 2.45) is 5.92 Å². The van der Waals surface area contributed by atoms with Crippen LogP contribution in [0.3, 0.4) is 0 Å². The molecule has 0 aliphatic carbocycles. The third-order valence-corrected chi connectivity index (χ3v) is 5.66. The second kappa shape index (κ2) is 9.72. The first kappa shape index (κ1) is 20.4. The van der Waals surface area contributed by atoms with Crippen LogP contribution in [-0.2, 0) is 25.5 Å². The van der Waals surface area contributed by atoms with E-state index in [-0.39, 0.29) is 17.6 Å². The average Bonchev–Trinajstić information content (AvgIpc) is 3.06. The first-order chi connectivity index (χ1) is 14.7. The fourth-order valence-electron chi connectivity index (χ4n) is 3.94. The molecule has 30 heavy (non-hydrogen) atoms. The van der Waals surface area contributed by atoms with Crippen LogP contribution in [0.25, 0.3) is 11.1 Å². The lowest BCUT2D eigenvalue weighted by Gasteiger charge is -2.25. The number of carbonyl (C=O) groups is 2. The third-order valence-electron chi connectivity index (χ3n) is 5.66. The predicted molar refractivity (Wildman–Crippen MR) is 114 cm³/mol. The summed E-state index contributed by atoms with van der Waals surface area (Å²) in [4.78, 5) is 26.1. The van der Waals surface area contributed by atoms with Crippen molar-refractivity contribution >= 4 is 11.8 Å². The maximum Gasteiger partial charge on any atom is 0.295 e. The minimum Gasteiger partial charge on any atom is -0.488 e. The van der Waals surface area contributed by atoms with Gasteiger partial charge in [0, 0.05) is 19.8 Å². The molecule has 0 saturated carbocycles. The Bertz CT molecular complexity index is 916. The quantitative estimate of drug-likeness (QED) is 0.492. The van der Waals surface area contributed by atoms with Crippen molar-refractivity contribution in [2.45, 2.75) is 25.7 Å². The summed E-state index contributed by atoms with van der Waals surface area (Å²) in [6.45, 7) is 2.26. The van der Waals surface area contributed by atoms with Gasteiger partial charge in [0.1, 0.15) is 0 Å². The molecule has 5 nitrogen and oxygen atoms in total. The highest BCUT2D eigenvalue weighted by molar-refractivity contribution is 6.15. The summed E-state index contributed by atoms with van der Waals surface area (Å²) in [5, 5.41) is 0. The molecule has 156 valence electrons. The molecule has 2 aliphatic rings. The zero-order valence-corrected chi connectivity index (χ0v) is 17.1. The first-order valence-electron chi connectivity index (χ1n) is 10.6. The van der Waals surface area contributed by atoms with Gasteiger partial charge >= 0.3 is 0 Å². The minimum atomic E-state index is -0.308. The van der Waals surface area contributed by atoms with Crippen molar-refractivity contribution in [2.75, 3.05) is 26.4 Å². The summed E-state index contributed by atoms with van der Waals surface area (Å²) in [6, 6.07) is 18.8. The predicted octanol–water partition coefficient (Wildman–Crippen LogP) is 3.98. The molecule has 0 radical (unpaired) electrons. The molecular formula is C25H27NO4. The van der Waals surface area contributed by atoms with Crippen LogP contribution < -0.4 is 0 Å². The molecule has 0 spiro atoms. The van der Waals surface area contributed by atoms with Crippen LogP contribution in [-0.4, -0.2) is 43.1 Å². The molecule has 2 aromatic carbocycles. The molecular weight excluding hydrogens is 378 g/mol. The number of nitrogens with zero attached hydrogens (tertiary/aromatic N) is 1. The smallest absolute Gasteiger partial charge is 0.295 e. The second-order valence-corrected chi connectivity index (χ2v) is 7.84. The Labute approximate surface area is 177 Å². The summed E-state index contributed by atoms with van der Waals surface area (Å²) >= 11 is 0. The van der Waals surface area contributed by atoms with E-state index in [4.69, 9.17) is 9.47 Å². The lowest BCUT2D eigenvalue weighted by molar-refractivity contribution is -0.140. The normalized spacial score (nSPS) is 17.3. The SMILES string of the molecule is O=C1C=C(OCCCc2cccc(-c3ccccc3)c2)C(=O)N1CC1CCOCC1. The Balaban J connectivity index is 1.25. The van der Waals surface area contributed by atoms with Crippen LogP contribution in [0, 0.1) is 5.92 Å². The van der Waals surface area contributed by atoms with Crippen LogP contribution in [0.1, 0.15) is 24.8 Å². The molecule has 2 aliphatic heterocycles. The minimum absolute atomic E-state index is 0.171. The van der Waals surface area contributed by atoms with Crippen molar-refractivity contribution < 1.29 is 19.1 Å². The Morgan fingerprint density at radius 1 is 0.967 bits per heavy atom. The molecule has 4 rings (SSSR count). The number of rotatable bonds is 8. The highest BCUT2D eigenvalue weighted by Crippen LogP contribution is 2.22. The van der Waals surface area contributed by atoms with Gasteiger partial charge in [-0.15, -0.1) is 0 Å². The van der Waals surface area contributed by atoms with Gasteiger partial charge in [-0.2, -0.15) is 0 Å². The molecule has 2 aromatic rings. The van der Waals surface area contributed by atoms with E-state index >= 15 is 0 Å². The van der Waals surface area contributed by atoms with E-state index in [9.17, 15) is 9.59 Å². The van der Waals surface area contributed by atoms with Gasteiger partial charge in [0.2, 0.25) is 0 Å². The first-order valence-corrected chi connectivity index (χ1v) is 10.6. The summed E-state index contributed by atoms with van der Waals surface area (Å²) in [7, 11) is 0. The number of amides is 2. The van der Waals surface area contributed by atoms with Gasteiger partial charge in [-0.25, -0.2) is 0 Å². The van der Waals surface area contributed by atoms with E-state index in [0.29, 0.717) is 32.3 Å². The number of hydrogen-bond acceptors (Lipinski definition) is 4. The molecule has 2 amide bonds. The highest BCUT2D eigenvalue weighted by Gasteiger charge is 2.34. The maximum atomic E-state index is 12.5. The van der Waals surface area contributed by atoms with Crippen molar-refractivity contribution in [3.05, 3.63) is 72.0 Å². The van der Waals surface area contributed by atoms with Crippen LogP contribution >= 0.6 is 0 Å². The van der Waals surface area contributed by atoms with Gasteiger partial charge in [0.15, 0.2) is 5.76 Å². The molecule has 5 heteroatoms. The Morgan fingerprint density at radius 3 is 2.53 bits per heavy atom. The molecule has 1 fully saturated rings. The highest BCUT2D eigenvalue weighted by atomic mass is 16.5. The van der Waals surface area contributed by atoms with Crippen LogP contribution in [0.2, 0.25) is 0 Å². The average molecular weight is 405 g/mol. The fourth-order valence-corrected chi connectivity index (χ4v) is 3.94. The number of hydrogen-bond donors (Lipinski definition) is 0. The third kappa shape index (κ3) is 4.97. The van der Waals surface area contributed by atoms with E-state index < -0.39 is 0 Å². The van der Waals surface area contributed by atoms with Crippen molar-refractivity contribution in [1.82, 2.24) is 4.90 Å². The molecule has 0 bridgehead atoms. The number of ether oxygens (including phenoxy) is 2. The summed E-state index contributed by atoms with van der Waals surface area (Å²) in [6.07, 6.45) is 4.72. The summed E-state index contributed by atoms with van der Waals surface area (Å²) < 4.78 is 11.0. The van der Waals surface area contributed by atoms with Crippen LogP contribution in [0.5, 0.6) is 0 Å². The molecule has 0 N–H and O–H groups in total. The standard InChI is InChI=1S/C25H27NO4/c27-24-17-23(25(28)26(24)18-20-11-14-29-15-12-20)30-13-5-7-19-6-4-10-22(16-19)21-8-2-1-3-9-21/h1-4,6,8-10,16-17,20H,5,7,11-15,18H2. The zero-order chi connectivity index (χ0) is 20.8.